The quantitative estimate of drug-likeness (QED) is 0.299. The lowest BCUT2D eigenvalue weighted by Crippen LogP contribution is -2.70. The molecule has 3 atom stereocenters. The fourth-order valence-electron chi connectivity index (χ4n) is 4.67. The van der Waals surface area contributed by atoms with Crippen LogP contribution in [0.2, 0.25) is 0 Å². The van der Waals surface area contributed by atoms with E-state index in [1.807, 2.05) is 54.6 Å². The maximum Gasteiger partial charge on any atom is 0.330 e. The maximum atomic E-state index is 12.2. The zero-order valence-electron chi connectivity index (χ0n) is 19.0. The summed E-state index contributed by atoms with van der Waals surface area (Å²) in [6.07, 6.45) is -0.547. The predicted molar refractivity (Wildman–Crippen MR) is 136 cm³/mol. The summed E-state index contributed by atoms with van der Waals surface area (Å²) in [5.74, 6) is 0. The zero-order chi connectivity index (χ0) is 24.3. The van der Waals surface area contributed by atoms with Crippen LogP contribution in [-0.2, 0) is 9.16 Å². The number of nitrogens with zero attached hydrogens (tertiary/aromatic N) is 1. The molecule has 1 aliphatic rings. The molecule has 3 aromatic carbocycles. The third-order valence-electron chi connectivity index (χ3n) is 6.37. The normalized spacial score (nSPS) is 20.1. The van der Waals surface area contributed by atoms with E-state index in [1.165, 1.54) is 16.8 Å². The number of hydrogen-bond acceptors (Lipinski definition) is 5. The first-order chi connectivity index (χ1) is 17.1. The van der Waals surface area contributed by atoms with Crippen molar-refractivity contribution in [1.82, 2.24) is 9.55 Å². The molecule has 1 fully saturated rings. The smallest absolute Gasteiger partial charge is 0.330 e. The standard InChI is InChI=1S/C27H26N2O5Si/c30-23-18-26(29-17-16-25(31)28-27(29)32)34-24(23)19-33-35(20-10-4-1-5-11-20,21-12-6-2-7-13-21)22-14-8-3-9-15-22/h1-17,23-24,26,30H,18-19H2,(H,28,31,32). The molecule has 0 radical (unpaired) electrons. The molecule has 0 amide bonds. The van der Waals surface area contributed by atoms with Crippen LogP contribution in [0.4, 0.5) is 0 Å². The van der Waals surface area contributed by atoms with E-state index in [4.69, 9.17) is 9.16 Å². The number of aromatic amines is 1. The van der Waals surface area contributed by atoms with Crippen molar-refractivity contribution in [2.75, 3.05) is 6.61 Å². The van der Waals surface area contributed by atoms with E-state index in [0.29, 0.717) is 0 Å². The third-order valence-corrected chi connectivity index (χ3v) is 10.4. The molecule has 3 unspecified atom stereocenters. The van der Waals surface area contributed by atoms with Crippen LogP contribution in [0.5, 0.6) is 0 Å². The largest absolute Gasteiger partial charge is 0.401 e. The molecule has 0 spiro atoms. The highest BCUT2D eigenvalue weighted by atomic mass is 28.4. The minimum absolute atomic E-state index is 0.140. The molecular formula is C27H26N2O5Si. The average Bonchev–Trinajstić information content (AvgIpc) is 3.26. The fourth-order valence-corrected chi connectivity index (χ4v) is 8.57. The molecule has 1 aliphatic heterocycles. The van der Waals surface area contributed by atoms with E-state index in [-0.39, 0.29) is 13.0 Å². The summed E-state index contributed by atoms with van der Waals surface area (Å²) in [7, 11) is -2.95. The summed E-state index contributed by atoms with van der Waals surface area (Å²) in [4.78, 5) is 25.9. The van der Waals surface area contributed by atoms with Crippen molar-refractivity contribution in [2.45, 2.75) is 24.9 Å². The van der Waals surface area contributed by atoms with Gasteiger partial charge in [0.2, 0.25) is 0 Å². The first-order valence-corrected chi connectivity index (χ1v) is 13.4. The molecule has 2 N–H and O–H groups in total. The Morgan fingerprint density at radius 1 is 0.857 bits per heavy atom. The monoisotopic (exact) mass is 486 g/mol. The number of aliphatic hydroxyl groups excluding tert-OH is 1. The van der Waals surface area contributed by atoms with Crippen LogP contribution in [-0.4, -0.2) is 41.8 Å². The van der Waals surface area contributed by atoms with Gasteiger partial charge >= 0.3 is 5.69 Å². The van der Waals surface area contributed by atoms with Crippen LogP contribution < -0.4 is 26.8 Å². The van der Waals surface area contributed by atoms with Crippen LogP contribution in [0.3, 0.4) is 0 Å². The van der Waals surface area contributed by atoms with Crippen molar-refractivity contribution in [2.24, 2.45) is 0 Å². The van der Waals surface area contributed by atoms with Gasteiger partial charge in [-0.1, -0.05) is 91.0 Å². The molecule has 8 heteroatoms. The van der Waals surface area contributed by atoms with E-state index < -0.39 is 38.0 Å². The van der Waals surface area contributed by atoms with Crippen molar-refractivity contribution >= 4 is 23.9 Å². The Labute approximate surface area is 203 Å². The Bertz CT molecular complexity index is 1280. The molecule has 178 valence electrons. The Morgan fingerprint density at radius 2 is 1.37 bits per heavy atom. The molecule has 2 heterocycles. The lowest BCUT2D eigenvalue weighted by molar-refractivity contribution is -0.0416. The number of ether oxygens (including phenoxy) is 1. The van der Waals surface area contributed by atoms with E-state index >= 15 is 0 Å². The summed E-state index contributed by atoms with van der Waals surface area (Å²) in [5.41, 5.74) is -1.05. The van der Waals surface area contributed by atoms with Crippen LogP contribution >= 0.6 is 0 Å². The van der Waals surface area contributed by atoms with E-state index in [2.05, 4.69) is 41.4 Å². The lowest BCUT2D eigenvalue weighted by atomic mass is 10.2. The Kier molecular flexibility index (Phi) is 6.61. The number of nitrogens with one attached hydrogen (secondary N) is 1. The first kappa shape index (κ1) is 23.2. The lowest BCUT2D eigenvalue weighted by Gasteiger charge is -2.34. The minimum atomic E-state index is -2.95. The molecule has 0 bridgehead atoms. The summed E-state index contributed by atoms with van der Waals surface area (Å²) in [5, 5.41) is 14.0. The Hall–Kier alpha value is -3.56. The first-order valence-electron chi connectivity index (χ1n) is 11.5. The van der Waals surface area contributed by atoms with Crippen molar-refractivity contribution in [3.63, 3.8) is 0 Å². The fraction of sp³-hybridized carbons (Fsp3) is 0.185. The summed E-state index contributed by atoms with van der Waals surface area (Å²) < 4.78 is 14.2. The van der Waals surface area contributed by atoms with Crippen LogP contribution in [0.15, 0.2) is 113 Å². The van der Waals surface area contributed by atoms with Gasteiger partial charge in [-0.2, -0.15) is 0 Å². The Morgan fingerprint density at radius 3 is 1.86 bits per heavy atom. The second-order valence-corrected chi connectivity index (χ2v) is 11.9. The van der Waals surface area contributed by atoms with Crippen LogP contribution in [0.25, 0.3) is 0 Å². The SMILES string of the molecule is O=c1ccn(C2CC(O)C(CO[Si](c3ccccc3)(c3ccccc3)c3ccccc3)O2)c(=O)[nH]1. The number of benzene rings is 3. The van der Waals surface area contributed by atoms with Gasteiger partial charge in [0, 0.05) is 18.7 Å². The highest BCUT2D eigenvalue weighted by Crippen LogP contribution is 2.28. The number of aliphatic hydroxyl groups is 1. The van der Waals surface area contributed by atoms with Gasteiger partial charge in [0.15, 0.2) is 0 Å². The minimum Gasteiger partial charge on any atom is -0.401 e. The van der Waals surface area contributed by atoms with Crippen molar-refractivity contribution in [3.8, 4) is 0 Å². The van der Waals surface area contributed by atoms with Crippen molar-refractivity contribution < 1.29 is 14.3 Å². The van der Waals surface area contributed by atoms with E-state index in [1.54, 1.807) is 0 Å². The molecule has 4 aromatic rings. The van der Waals surface area contributed by atoms with Gasteiger partial charge < -0.3 is 14.3 Å². The summed E-state index contributed by atoms with van der Waals surface area (Å²) in [6, 6.07) is 31.7. The topological polar surface area (TPSA) is 93.6 Å². The number of aromatic nitrogens is 2. The van der Waals surface area contributed by atoms with Gasteiger partial charge in [-0.3, -0.25) is 14.3 Å². The van der Waals surface area contributed by atoms with Crippen LogP contribution in [0, 0.1) is 0 Å². The molecule has 7 nitrogen and oxygen atoms in total. The molecule has 1 aromatic heterocycles. The predicted octanol–water partition coefficient (Wildman–Crippen LogP) is 0.869. The molecule has 35 heavy (non-hydrogen) atoms. The Balaban J connectivity index is 1.50. The van der Waals surface area contributed by atoms with E-state index in [9.17, 15) is 14.7 Å². The van der Waals surface area contributed by atoms with Gasteiger partial charge in [-0.25, -0.2) is 4.79 Å². The van der Waals surface area contributed by atoms with Crippen molar-refractivity contribution in [1.29, 1.82) is 0 Å². The molecule has 1 saturated heterocycles. The maximum absolute atomic E-state index is 12.2. The molecule has 0 aliphatic carbocycles. The average molecular weight is 487 g/mol. The molecular weight excluding hydrogens is 460 g/mol. The van der Waals surface area contributed by atoms with Crippen LogP contribution in [0.1, 0.15) is 12.6 Å². The second-order valence-electron chi connectivity index (χ2n) is 8.54. The molecule has 5 rings (SSSR count). The third kappa shape index (κ3) is 4.56. The van der Waals surface area contributed by atoms with Gasteiger partial charge in [-0.15, -0.1) is 0 Å². The zero-order valence-corrected chi connectivity index (χ0v) is 20.0. The van der Waals surface area contributed by atoms with Crippen molar-refractivity contribution in [3.05, 3.63) is 124 Å². The van der Waals surface area contributed by atoms with Gasteiger partial charge in [-0.05, 0) is 15.6 Å². The van der Waals surface area contributed by atoms with Gasteiger partial charge in [0.25, 0.3) is 13.9 Å². The second kappa shape index (κ2) is 9.97. The van der Waals surface area contributed by atoms with E-state index in [0.717, 1.165) is 15.6 Å². The summed E-state index contributed by atoms with van der Waals surface area (Å²) >= 11 is 0. The highest BCUT2D eigenvalue weighted by molar-refractivity contribution is 7.07. The number of hydrogen-bond donors (Lipinski definition) is 2. The van der Waals surface area contributed by atoms with Gasteiger partial charge in [0.05, 0.1) is 12.7 Å². The number of H-pyrrole nitrogens is 1. The molecule has 0 saturated carbocycles. The highest BCUT2D eigenvalue weighted by Gasteiger charge is 2.44. The summed E-state index contributed by atoms with van der Waals surface area (Å²) in [6.45, 7) is 0.140. The number of rotatable bonds is 7. The van der Waals surface area contributed by atoms with Gasteiger partial charge in [0.1, 0.15) is 12.3 Å².